The monoisotopic (exact) mass is 272 g/mol. The van der Waals surface area contributed by atoms with Crippen LogP contribution < -0.4 is 11.3 Å². The summed E-state index contributed by atoms with van der Waals surface area (Å²) in [6.07, 6.45) is 0.280. The second-order valence-corrected chi connectivity index (χ2v) is 4.25. The maximum atomic E-state index is 6.13. The summed E-state index contributed by atoms with van der Waals surface area (Å²) in [5.41, 5.74) is 3.76. The Balaban J connectivity index is 2.73. The Morgan fingerprint density at radius 3 is 2.33 bits per heavy atom. The fourth-order valence-electron chi connectivity index (χ4n) is 1.74. The average molecular weight is 273 g/mol. The Bertz CT molecular complexity index is 344. The summed E-state index contributed by atoms with van der Waals surface area (Å²) in [7, 11) is 0. The molecule has 0 saturated heterocycles. The Morgan fingerprint density at radius 1 is 1.22 bits per heavy atom. The SMILES string of the molecule is CCOC(OCC)C(Cc1ccccc1Cl)NN. The summed E-state index contributed by atoms with van der Waals surface area (Å²) < 4.78 is 11.1. The number of hydrazine groups is 1. The van der Waals surface area contributed by atoms with Crippen molar-refractivity contribution >= 4 is 11.6 Å². The summed E-state index contributed by atoms with van der Waals surface area (Å²) >= 11 is 6.13. The molecule has 18 heavy (non-hydrogen) atoms. The minimum atomic E-state index is -0.374. The van der Waals surface area contributed by atoms with Gasteiger partial charge in [0.1, 0.15) is 0 Å². The van der Waals surface area contributed by atoms with Crippen molar-refractivity contribution in [3.05, 3.63) is 34.9 Å². The molecule has 102 valence electrons. The Hall–Kier alpha value is -0.650. The number of benzene rings is 1. The van der Waals surface area contributed by atoms with E-state index in [-0.39, 0.29) is 12.3 Å². The van der Waals surface area contributed by atoms with Crippen LogP contribution in [0.25, 0.3) is 0 Å². The maximum Gasteiger partial charge on any atom is 0.174 e. The van der Waals surface area contributed by atoms with Gasteiger partial charge < -0.3 is 9.47 Å². The van der Waals surface area contributed by atoms with E-state index in [0.717, 1.165) is 10.6 Å². The van der Waals surface area contributed by atoms with Crippen LogP contribution in [0.4, 0.5) is 0 Å². The highest BCUT2D eigenvalue weighted by Crippen LogP contribution is 2.18. The molecule has 5 heteroatoms. The second kappa shape index (κ2) is 8.45. The standard InChI is InChI=1S/C13H21ClN2O2/c1-3-17-13(18-4-2)12(16-15)9-10-7-5-6-8-11(10)14/h5-8,12-13,16H,3-4,9,15H2,1-2H3. The summed E-state index contributed by atoms with van der Waals surface area (Å²) in [6.45, 7) is 5.00. The Morgan fingerprint density at radius 2 is 1.83 bits per heavy atom. The topological polar surface area (TPSA) is 56.5 Å². The van der Waals surface area contributed by atoms with Crippen LogP contribution in [-0.2, 0) is 15.9 Å². The van der Waals surface area contributed by atoms with Crippen molar-refractivity contribution in [3.63, 3.8) is 0 Å². The van der Waals surface area contributed by atoms with Crippen molar-refractivity contribution in [2.24, 2.45) is 5.84 Å². The zero-order chi connectivity index (χ0) is 13.4. The molecule has 1 aromatic carbocycles. The minimum Gasteiger partial charge on any atom is -0.351 e. The number of nitrogens with one attached hydrogen (secondary N) is 1. The van der Waals surface area contributed by atoms with Gasteiger partial charge in [-0.1, -0.05) is 29.8 Å². The zero-order valence-electron chi connectivity index (χ0n) is 10.9. The second-order valence-electron chi connectivity index (χ2n) is 3.85. The minimum absolute atomic E-state index is 0.134. The molecule has 4 nitrogen and oxygen atoms in total. The van der Waals surface area contributed by atoms with Crippen LogP contribution in [0.3, 0.4) is 0 Å². The Kier molecular flexibility index (Phi) is 7.23. The van der Waals surface area contributed by atoms with Gasteiger partial charge in [-0.25, -0.2) is 0 Å². The summed E-state index contributed by atoms with van der Waals surface area (Å²) in [5.74, 6) is 5.58. The first-order chi connectivity index (χ1) is 8.72. The van der Waals surface area contributed by atoms with Crippen molar-refractivity contribution in [1.29, 1.82) is 0 Å². The van der Waals surface area contributed by atoms with Gasteiger partial charge in [0.2, 0.25) is 0 Å². The Labute approximate surface area is 113 Å². The van der Waals surface area contributed by atoms with E-state index >= 15 is 0 Å². The van der Waals surface area contributed by atoms with E-state index < -0.39 is 0 Å². The van der Waals surface area contributed by atoms with E-state index in [9.17, 15) is 0 Å². The molecule has 1 rings (SSSR count). The smallest absolute Gasteiger partial charge is 0.174 e. The molecule has 0 spiro atoms. The molecule has 0 aliphatic heterocycles. The molecule has 0 bridgehead atoms. The number of ether oxygens (including phenoxy) is 2. The van der Waals surface area contributed by atoms with E-state index in [1.165, 1.54) is 0 Å². The van der Waals surface area contributed by atoms with Gasteiger partial charge in [-0.15, -0.1) is 0 Å². The van der Waals surface area contributed by atoms with Crippen molar-refractivity contribution in [2.75, 3.05) is 13.2 Å². The number of rotatable bonds is 8. The number of hydrogen-bond acceptors (Lipinski definition) is 4. The van der Waals surface area contributed by atoms with Crippen molar-refractivity contribution in [3.8, 4) is 0 Å². The third-order valence-corrected chi connectivity index (χ3v) is 2.97. The molecule has 0 amide bonds. The fraction of sp³-hybridized carbons (Fsp3) is 0.538. The normalized spacial score (nSPS) is 12.9. The maximum absolute atomic E-state index is 6.13. The van der Waals surface area contributed by atoms with E-state index in [1.54, 1.807) is 0 Å². The highest BCUT2D eigenvalue weighted by Gasteiger charge is 2.22. The summed E-state index contributed by atoms with van der Waals surface area (Å²) in [4.78, 5) is 0. The number of nitrogens with two attached hydrogens (primary N) is 1. The molecule has 0 aliphatic carbocycles. The molecule has 1 unspecified atom stereocenters. The molecule has 0 fully saturated rings. The van der Waals surface area contributed by atoms with Gasteiger partial charge >= 0.3 is 0 Å². The van der Waals surface area contributed by atoms with Gasteiger partial charge in [0.15, 0.2) is 6.29 Å². The summed E-state index contributed by atoms with van der Waals surface area (Å²) in [5, 5.41) is 0.726. The van der Waals surface area contributed by atoms with E-state index in [0.29, 0.717) is 19.6 Å². The first kappa shape index (κ1) is 15.4. The molecule has 0 aliphatic rings. The molecule has 0 radical (unpaired) electrons. The molecule has 0 saturated carbocycles. The van der Waals surface area contributed by atoms with Gasteiger partial charge in [0.25, 0.3) is 0 Å². The molecule has 3 N–H and O–H groups in total. The van der Waals surface area contributed by atoms with Crippen LogP contribution in [0.5, 0.6) is 0 Å². The molecule has 1 aromatic rings. The predicted molar refractivity (Wildman–Crippen MR) is 73.3 cm³/mol. The van der Waals surface area contributed by atoms with E-state index in [2.05, 4.69) is 5.43 Å². The summed E-state index contributed by atoms with van der Waals surface area (Å²) in [6, 6.07) is 7.55. The van der Waals surface area contributed by atoms with Crippen LogP contribution in [0.15, 0.2) is 24.3 Å². The highest BCUT2D eigenvalue weighted by atomic mass is 35.5. The first-order valence-corrected chi connectivity index (χ1v) is 6.53. The van der Waals surface area contributed by atoms with Crippen LogP contribution in [0.2, 0.25) is 5.02 Å². The van der Waals surface area contributed by atoms with E-state index in [1.807, 2.05) is 38.1 Å². The van der Waals surface area contributed by atoms with Crippen LogP contribution in [0.1, 0.15) is 19.4 Å². The molecule has 1 atom stereocenters. The van der Waals surface area contributed by atoms with Crippen molar-refractivity contribution in [2.45, 2.75) is 32.6 Å². The van der Waals surface area contributed by atoms with Gasteiger partial charge in [-0.05, 0) is 31.9 Å². The first-order valence-electron chi connectivity index (χ1n) is 6.15. The predicted octanol–water partition coefficient (Wildman–Crippen LogP) is 2.11. The zero-order valence-corrected chi connectivity index (χ0v) is 11.6. The lowest BCUT2D eigenvalue weighted by Gasteiger charge is -2.26. The van der Waals surface area contributed by atoms with Crippen LogP contribution in [-0.4, -0.2) is 25.5 Å². The van der Waals surface area contributed by atoms with Gasteiger partial charge in [0, 0.05) is 18.2 Å². The number of halogens is 1. The van der Waals surface area contributed by atoms with Crippen LogP contribution in [0, 0.1) is 0 Å². The molecular formula is C13H21ClN2O2. The van der Waals surface area contributed by atoms with Gasteiger partial charge in [-0.2, -0.15) is 0 Å². The van der Waals surface area contributed by atoms with E-state index in [4.69, 9.17) is 26.9 Å². The molecule has 0 heterocycles. The largest absolute Gasteiger partial charge is 0.351 e. The quantitative estimate of drug-likeness (QED) is 0.432. The lowest BCUT2D eigenvalue weighted by atomic mass is 10.1. The third-order valence-electron chi connectivity index (χ3n) is 2.60. The average Bonchev–Trinajstić information content (AvgIpc) is 2.38. The lowest BCUT2D eigenvalue weighted by Crippen LogP contribution is -2.48. The number of hydrogen-bond donors (Lipinski definition) is 2. The van der Waals surface area contributed by atoms with Gasteiger partial charge in [-0.3, -0.25) is 11.3 Å². The van der Waals surface area contributed by atoms with Crippen molar-refractivity contribution < 1.29 is 9.47 Å². The molecule has 0 aromatic heterocycles. The van der Waals surface area contributed by atoms with Crippen molar-refractivity contribution in [1.82, 2.24) is 5.43 Å². The fourth-order valence-corrected chi connectivity index (χ4v) is 1.96. The third kappa shape index (κ3) is 4.55. The molecular weight excluding hydrogens is 252 g/mol. The lowest BCUT2D eigenvalue weighted by molar-refractivity contribution is -0.153. The van der Waals surface area contributed by atoms with Gasteiger partial charge in [0.05, 0.1) is 6.04 Å². The van der Waals surface area contributed by atoms with Crippen LogP contribution >= 0.6 is 11.6 Å². The highest BCUT2D eigenvalue weighted by molar-refractivity contribution is 6.31.